The SMILES string of the molecule is CCOC(=O)c1cnc2c(c(C)nn2C)c1NC1CCN(C2CC2)CC1. The number of hydrogen-bond acceptors (Lipinski definition) is 6. The standard InChI is InChI=1S/C19H27N5O2/c1-4-26-19(25)15-11-20-18-16(12(2)22-23(18)3)17(15)21-13-7-9-24(10-8-13)14-5-6-14/h11,13-14H,4-10H2,1-3H3,(H,20,21). The Morgan fingerprint density at radius 2 is 2.04 bits per heavy atom. The number of fused-ring (bicyclic) bond motifs is 1. The monoisotopic (exact) mass is 357 g/mol. The first-order valence-electron chi connectivity index (χ1n) is 9.58. The number of aryl methyl sites for hydroxylation is 2. The van der Waals surface area contributed by atoms with E-state index in [0.29, 0.717) is 18.2 Å². The Morgan fingerprint density at radius 1 is 1.31 bits per heavy atom. The van der Waals surface area contributed by atoms with Crippen molar-refractivity contribution in [1.29, 1.82) is 0 Å². The van der Waals surface area contributed by atoms with Crippen molar-refractivity contribution in [3.63, 3.8) is 0 Å². The normalized spacial score (nSPS) is 19.0. The largest absolute Gasteiger partial charge is 0.462 e. The van der Waals surface area contributed by atoms with Crippen molar-refractivity contribution >= 4 is 22.7 Å². The number of rotatable bonds is 5. The van der Waals surface area contributed by atoms with Crippen LogP contribution < -0.4 is 5.32 Å². The van der Waals surface area contributed by atoms with Gasteiger partial charge in [0.25, 0.3) is 0 Å². The van der Waals surface area contributed by atoms with Crippen LogP contribution in [0.3, 0.4) is 0 Å². The van der Waals surface area contributed by atoms with Crippen LogP contribution in [-0.4, -0.2) is 57.4 Å². The number of carbonyl (C=O) groups excluding carboxylic acids is 1. The number of aromatic nitrogens is 3. The molecule has 7 heteroatoms. The molecule has 1 aliphatic heterocycles. The Balaban J connectivity index is 1.64. The third kappa shape index (κ3) is 3.16. The lowest BCUT2D eigenvalue weighted by atomic mass is 10.0. The number of ether oxygens (including phenoxy) is 1. The molecule has 0 aromatic carbocycles. The minimum atomic E-state index is -0.330. The molecule has 0 bridgehead atoms. The van der Waals surface area contributed by atoms with Gasteiger partial charge in [-0.1, -0.05) is 0 Å². The maximum atomic E-state index is 12.5. The van der Waals surface area contributed by atoms with E-state index in [1.54, 1.807) is 10.9 Å². The molecule has 0 spiro atoms. The highest BCUT2D eigenvalue weighted by Crippen LogP contribution is 2.33. The van der Waals surface area contributed by atoms with E-state index < -0.39 is 0 Å². The van der Waals surface area contributed by atoms with Gasteiger partial charge in [-0.2, -0.15) is 5.10 Å². The van der Waals surface area contributed by atoms with Crippen LogP contribution in [-0.2, 0) is 11.8 Å². The summed E-state index contributed by atoms with van der Waals surface area (Å²) in [6.07, 6.45) is 6.49. The lowest BCUT2D eigenvalue weighted by molar-refractivity contribution is 0.0527. The predicted octanol–water partition coefficient (Wildman–Crippen LogP) is 2.49. The van der Waals surface area contributed by atoms with Crippen LogP contribution in [0.2, 0.25) is 0 Å². The Hall–Kier alpha value is -2.15. The minimum absolute atomic E-state index is 0.330. The van der Waals surface area contributed by atoms with Crippen molar-refractivity contribution in [3.8, 4) is 0 Å². The summed E-state index contributed by atoms with van der Waals surface area (Å²) in [6, 6.07) is 1.17. The predicted molar refractivity (Wildman–Crippen MR) is 100 cm³/mol. The molecule has 0 radical (unpaired) electrons. The molecular weight excluding hydrogens is 330 g/mol. The van der Waals surface area contributed by atoms with Gasteiger partial charge in [-0.05, 0) is 39.5 Å². The van der Waals surface area contributed by atoms with E-state index in [1.807, 2.05) is 20.9 Å². The number of nitrogens with one attached hydrogen (secondary N) is 1. The van der Waals surface area contributed by atoms with E-state index in [9.17, 15) is 4.79 Å². The van der Waals surface area contributed by atoms with Gasteiger partial charge in [0, 0.05) is 38.4 Å². The zero-order valence-electron chi connectivity index (χ0n) is 15.8. The molecule has 3 heterocycles. The smallest absolute Gasteiger partial charge is 0.341 e. The summed E-state index contributed by atoms with van der Waals surface area (Å²) < 4.78 is 7.02. The fraction of sp³-hybridized carbons (Fsp3) is 0.632. The molecule has 2 aliphatic rings. The lowest BCUT2D eigenvalue weighted by Gasteiger charge is -2.33. The molecule has 4 rings (SSSR count). The number of carbonyl (C=O) groups is 1. The van der Waals surface area contributed by atoms with E-state index in [2.05, 4.69) is 20.3 Å². The molecule has 0 atom stereocenters. The van der Waals surface area contributed by atoms with Gasteiger partial charge in [-0.25, -0.2) is 9.78 Å². The maximum Gasteiger partial charge on any atom is 0.341 e. The number of piperidine rings is 1. The molecule has 140 valence electrons. The molecule has 1 N–H and O–H groups in total. The third-order valence-corrected chi connectivity index (χ3v) is 5.46. The van der Waals surface area contributed by atoms with E-state index in [0.717, 1.165) is 54.4 Å². The molecule has 26 heavy (non-hydrogen) atoms. The molecule has 1 aliphatic carbocycles. The Kier molecular flexibility index (Phi) is 4.56. The van der Waals surface area contributed by atoms with Crippen LogP contribution in [0.5, 0.6) is 0 Å². The average molecular weight is 357 g/mol. The molecule has 1 saturated heterocycles. The van der Waals surface area contributed by atoms with Gasteiger partial charge in [0.05, 0.1) is 23.4 Å². The second-order valence-electron chi connectivity index (χ2n) is 7.36. The van der Waals surface area contributed by atoms with Crippen molar-refractivity contribution < 1.29 is 9.53 Å². The minimum Gasteiger partial charge on any atom is -0.462 e. The van der Waals surface area contributed by atoms with Crippen LogP contribution in [0.25, 0.3) is 11.0 Å². The van der Waals surface area contributed by atoms with Crippen LogP contribution in [0.1, 0.15) is 48.7 Å². The molecule has 0 amide bonds. The lowest BCUT2D eigenvalue weighted by Crippen LogP contribution is -2.40. The highest BCUT2D eigenvalue weighted by molar-refractivity contribution is 6.05. The van der Waals surface area contributed by atoms with Crippen molar-refractivity contribution in [3.05, 3.63) is 17.5 Å². The zero-order chi connectivity index (χ0) is 18.3. The van der Waals surface area contributed by atoms with Gasteiger partial charge in [0.1, 0.15) is 5.56 Å². The van der Waals surface area contributed by atoms with Crippen molar-refractivity contribution in [2.45, 2.75) is 51.6 Å². The Morgan fingerprint density at radius 3 is 2.69 bits per heavy atom. The zero-order valence-corrected chi connectivity index (χ0v) is 15.8. The van der Waals surface area contributed by atoms with Crippen LogP contribution in [0.4, 0.5) is 5.69 Å². The second-order valence-corrected chi connectivity index (χ2v) is 7.36. The number of esters is 1. The highest BCUT2D eigenvalue weighted by atomic mass is 16.5. The second kappa shape index (κ2) is 6.87. The fourth-order valence-electron chi connectivity index (χ4n) is 3.98. The average Bonchev–Trinajstić information content (AvgIpc) is 3.42. The quantitative estimate of drug-likeness (QED) is 0.829. The van der Waals surface area contributed by atoms with Crippen LogP contribution >= 0.6 is 0 Å². The molecule has 2 aromatic heterocycles. The van der Waals surface area contributed by atoms with Gasteiger partial charge in [0.15, 0.2) is 5.65 Å². The van der Waals surface area contributed by atoms with E-state index in [-0.39, 0.29) is 5.97 Å². The molecule has 2 aromatic rings. The van der Waals surface area contributed by atoms with Crippen molar-refractivity contribution in [2.24, 2.45) is 7.05 Å². The highest BCUT2D eigenvalue weighted by Gasteiger charge is 2.32. The number of anilines is 1. The summed E-state index contributed by atoms with van der Waals surface area (Å²) in [4.78, 5) is 19.5. The first-order valence-corrected chi connectivity index (χ1v) is 9.58. The summed E-state index contributed by atoms with van der Waals surface area (Å²) >= 11 is 0. The molecule has 1 saturated carbocycles. The molecule has 7 nitrogen and oxygen atoms in total. The number of hydrogen-bond donors (Lipinski definition) is 1. The summed E-state index contributed by atoms with van der Waals surface area (Å²) in [6.45, 7) is 6.37. The first kappa shape index (κ1) is 17.3. The van der Waals surface area contributed by atoms with Gasteiger partial charge >= 0.3 is 5.97 Å². The molecular formula is C19H27N5O2. The number of nitrogens with zero attached hydrogens (tertiary/aromatic N) is 4. The maximum absolute atomic E-state index is 12.5. The van der Waals surface area contributed by atoms with E-state index in [1.165, 1.54) is 12.8 Å². The summed E-state index contributed by atoms with van der Waals surface area (Å²) in [5.74, 6) is -0.330. The van der Waals surface area contributed by atoms with E-state index >= 15 is 0 Å². The fourth-order valence-corrected chi connectivity index (χ4v) is 3.98. The summed E-state index contributed by atoms with van der Waals surface area (Å²) in [5, 5.41) is 9.05. The van der Waals surface area contributed by atoms with Crippen LogP contribution in [0, 0.1) is 6.92 Å². The van der Waals surface area contributed by atoms with Gasteiger partial charge in [0.2, 0.25) is 0 Å². The Bertz CT molecular complexity index is 819. The number of pyridine rings is 1. The van der Waals surface area contributed by atoms with Gasteiger partial charge in [-0.15, -0.1) is 0 Å². The summed E-state index contributed by atoms with van der Waals surface area (Å²) in [5.41, 5.74) is 2.98. The molecule has 0 unspecified atom stereocenters. The molecule has 2 fully saturated rings. The van der Waals surface area contributed by atoms with Gasteiger partial charge in [-0.3, -0.25) is 4.68 Å². The van der Waals surface area contributed by atoms with E-state index in [4.69, 9.17) is 4.74 Å². The number of likely N-dealkylation sites (tertiary alicyclic amines) is 1. The van der Waals surface area contributed by atoms with Gasteiger partial charge < -0.3 is 15.0 Å². The van der Waals surface area contributed by atoms with Crippen molar-refractivity contribution in [2.75, 3.05) is 25.0 Å². The van der Waals surface area contributed by atoms with Crippen LogP contribution in [0.15, 0.2) is 6.20 Å². The third-order valence-electron chi connectivity index (χ3n) is 5.46. The summed E-state index contributed by atoms with van der Waals surface area (Å²) in [7, 11) is 1.88. The van der Waals surface area contributed by atoms with Crippen molar-refractivity contribution in [1.82, 2.24) is 19.7 Å². The topological polar surface area (TPSA) is 72.3 Å². The Labute approximate surface area is 153 Å². The first-order chi connectivity index (χ1) is 12.6.